The molecule has 116 valence electrons. The van der Waals surface area contributed by atoms with Gasteiger partial charge < -0.3 is 15.2 Å². The zero-order valence-corrected chi connectivity index (χ0v) is 11.8. The van der Waals surface area contributed by atoms with Crippen molar-refractivity contribution in [1.29, 1.82) is 0 Å². The van der Waals surface area contributed by atoms with Crippen molar-refractivity contribution in [3.8, 4) is 0 Å². The molecule has 0 bridgehead atoms. The van der Waals surface area contributed by atoms with E-state index in [-0.39, 0.29) is 22.6 Å². The molecule has 0 spiro atoms. The molecule has 1 aromatic rings. The second-order valence-electron chi connectivity index (χ2n) is 4.90. The van der Waals surface area contributed by atoms with Crippen molar-refractivity contribution in [1.82, 2.24) is 5.32 Å². The minimum absolute atomic E-state index is 0.00917. The molecule has 1 fully saturated rings. The maximum absolute atomic E-state index is 11.0. The topological polar surface area (TPSA) is 110 Å². The lowest BCUT2D eigenvalue weighted by Crippen LogP contribution is -2.21. The summed E-state index contributed by atoms with van der Waals surface area (Å²) in [4.78, 5) is 43.1. The van der Waals surface area contributed by atoms with Gasteiger partial charge in [-0.2, -0.15) is 0 Å². The fourth-order valence-electron chi connectivity index (χ4n) is 2.12. The first-order valence-corrected chi connectivity index (χ1v) is 6.89. The van der Waals surface area contributed by atoms with Crippen molar-refractivity contribution in [3.05, 3.63) is 34.9 Å². The molecule has 0 unspecified atom stereocenters. The van der Waals surface area contributed by atoms with E-state index in [9.17, 15) is 19.2 Å². The summed E-state index contributed by atoms with van der Waals surface area (Å²) in [5, 5.41) is 11.4. The molecule has 2 heterocycles. The predicted molar refractivity (Wildman–Crippen MR) is 74.6 cm³/mol. The smallest absolute Gasteiger partial charge is 0.346 e. The van der Waals surface area contributed by atoms with Gasteiger partial charge in [-0.1, -0.05) is 6.42 Å². The third-order valence-electron chi connectivity index (χ3n) is 3.29. The lowest BCUT2D eigenvalue weighted by molar-refractivity contribution is -0.120. The summed E-state index contributed by atoms with van der Waals surface area (Å²) in [6.45, 7) is 0.888. The molecule has 22 heavy (non-hydrogen) atoms. The second-order valence-corrected chi connectivity index (χ2v) is 4.90. The number of amides is 1. The van der Waals surface area contributed by atoms with Crippen LogP contribution < -0.4 is 5.32 Å². The first-order valence-electron chi connectivity index (χ1n) is 6.89. The van der Waals surface area contributed by atoms with Crippen LogP contribution in [0.25, 0.3) is 0 Å². The molecule has 2 aliphatic heterocycles. The van der Waals surface area contributed by atoms with E-state index in [1.54, 1.807) is 0 Å². The molecule has 0 aromatic heterocycles. The Morgan fingerprint density at radius 3 is 2.50 bits per heavy atom. The lowest BCUT2D eigenvalue weighted by Gasteiger charge is -1.94. The van der Waals surface area contributed by atoms with Gasteiger partial charge in [-0.3, -0.25) is 4.79 Å². The fourth-order valence-corrected chi connectivity index (χ4v) is 2.12. The molecule has 0 atom stereocenters. The number of hydrogen-bond donors (Lipinski definition) is 2. The molecule has 0 aliphatic carbocycles. The van der Waals surface area contributed by atoms with Gasteiger partial charge in [-0.25, -0.2) is 14.4 Å². The lowest BCUT2D eigenvalue weighted by atomic mass is 10.1. The summed E-state index contributed by atoms with van der Waals surface area (Å²) in [6.07, 6.45) is 4.18. The molecule has 7 nitrogen and oxygen atoms in total. The Balaban J connectivity index is 0.000000188. The maximum Gasteiger partial charge on any atom is 0.346 e. The Morgan fingerprint density at radius 1 is 1.05 bits per heavy atom. The number of carboxylic acids is 1. The van der Waals surface area contributed by atoms with E-state index in [1.165, 1.54) is 18.6 Å². The van der Waals surface area contributed by atoms with Gasteiger partial charge in [0.25, 0.3) is 0 Å². The maximum atomic E-state index is 11.0. The number of esters is 2. The molecule has 2 aliphatic rings. The standard InChI is InChI=1S/C9H4O5.C6H11NO/c10-7(11)4-1-2-5-6(3-4)9(13)14-8(5)12;8-6-4-2-1-3-5-7-6/h1-3H,(H,10,11);1-5H2,(H,7,8). The van der Waals surface area contributed by atoms with E-state index < -0.39 is 17.9 Å². The van der Waals surface area contributed by atoms with E-state index in [4.69, 9.17) is 5.11 Å². The summed E-state index contributed by atoms with van der Waals surface area (Å²) in [6, 6.07) is 3.65. The number of rotatable bonds is 1. The summed E-state index contributed by atoms with van der Waals surface area (Å²) in [5.74, 6) is -2.46. The Hall–Kier alpha value is -2.70. The normalized spacial score (nSPS) is 16.6. The number of carbonyl (C=O) groups is 4. The van der Waals surface area contributed by atoms with Gasteiger partial charge in [0.2, 0.25) is 5.91 Å². The summed E-state index contributed by atoms with van der Waals surface area (Å²) >= 11 is 0. The van der Waals surface area contributed by atoms with Crippen molar-refractivity contribution >= 4 is 23.8 Å². The van der Waals surface area contributed by atoms with E-state index in [1.807, 2.05) is 0 Å². The Morgan fingerprint density at radius 2 is 1.77 bits per heavy atom. The van der Waals surface area contributed by atoms with Crippen molar-refractivity contribution in [3.63, 3.8) is 0 Å². The van der Waals surface area contributed by atoms with Crippen LogP contribution in [0.1, 0.15) is 56.8 Å². The number of cyclic esters (lactones) is 2. The van der Waals surface area contributed by atoms with Gasteiger partial charge in [0.05, 0.1) is 16.7 Å². The third-order valence-corrected chi connectivity index (χ3v) is 3.29. The van der Waals surface area contributed by atoms with Crippen LogP contribution in [0.2, 0.25) is 0 Å². The Bertz CT molecular complexity index is 627. The van der Waals surface area contributed by atoms with Crippen LogP contribution >= 0.6 is 0 Å². The van der Waals surface area contributed by atoms with Crippen molar-refractivity contribution in [2.45, 2.75) is 25.7 Å². The molecule has 0 radical (unpaired) electrons. The van der Waals surface area contributed by atoms with Crippen LogP contribution in [0.5, 0.6) is 0 Å². The van der Waals surface area contributed by atoms with E-state index in [0.29, 0.717) is 0 Å². The van der Waals surface area contributed by atoms with Crippen LogP contribution in [0.4, 0.5) is 0 Å². The number of benzene rings is 1. The highest BCUT2D eigenvalue weighted by Crippen LogP contribution is 2.20. The Labute approximate surface area is 126 Å². The van der Waals surface area contributed by atoms with Gasteiger partial charge in [0, 0.05) is 13.0 Å². The summed E-state index contributed by atoms with van der Waals surface area (Å²) in [5.41, 5.74) is 0.0744. The molecular weight excluding hydrogens is 290 g/mol. The molecule has 1 amide bonds. The number of aromatic carboxylic acids is 1. The zero-order chi connectivity index (χ0) is 16.1. The highest BCUT2D eigenvalue weighted by molar-refractivity contribution is 6.15. The molecule has 1 aromatic carbocycles. The minimum atomic E-state index is -1.15. The van der Waals surface area contributed by atoms with Gasteiger partial charge in [-0.15, -0.1) is 0 Å². The number of nitrogens with one attached hydrogen (secondary N) is 1. The van der Waals surface area contributed by atoms with Crippen molar-refractivity contribution in [2.75, 3.05) is 6.54 Å². The number of hydrogen-bond acceptors (Lipinski definition) is 5. The number of carboxylic acid groups (broad SMARTS) is 1. The van der Waals surface area contributed by atoms with Crippen molar-refractivity contribution < 1.29 is 29.0 Å². The molecule has 7 heteroatoms. The van der Waals surface area contributed by atoms with Crippen LogP contribution in [0.3, 0.4) is 0 Å². The highest BCUT2D eigenvalue weighted by atomic mass is 16.6. The Kier molecular flexibility index (Phi) is 4.88. The van der Waals surface area contributed by atoms with Crippen LogP contribution in [0.15, 0.2) is 18.2 Å². The quantitative estimate of drug-likeness (QED) is 0.599. The highest BCUT2D eigenvalue weighted by Gasteiger charge is 2.30. The van der Waals surface area contributed by atoms with Crippen LogP contribution in [0, 0.1) is 0 Å². The summed E-state index contributed by atoms with van der Waals surface area (Å²) in [7, 11) is 0. The zero-order valence-electron chi connectivity index (χ0n) is 11.8. The monoisotopic (exact) mass is 305 g/mol. The fraction of sp³-hybridized carbons (Fsp3) is 0.333. The first-order chi connectivity index (χ1) is 10.5. The number of carbonyl (C=O) groups excluding carboxylic acids is 3. The minimum Gasteiger partial charge on any atom is -0.478 e. The number of ether oxygens (including phenoxy) is 1. The average molecular weight is 305 g/mol. The van der Waals surface area contributed by atoms with E-state index in [2.05, 4.69) is 10.1 Å². The van der Waals surface area contributed by atoms with Gasteiger partial charge in [0.15, 0.2) is 0 Å². The van der Waals surface area contributed by atoms with Crippen LogP contribution in [-0.2, 0) is 9.53 Å². The predicted octanol–water partition coefficient (Wildman–Crippen LogP) is 1.37. The SMILES string of the molecule is O=C(O)c1ccc2c(c1)C(=O)OC2=O.O=C1CCCCCN1. The van der Waals surface area contributed by atoms with Gasteiger partial charge in [-0.05, 0) is 31.0 Å². The van der Waals surface area contributed by atoms with Gasteiger partial charge >= 0.3 is 17.9 Å². The second kappa shape index (κ2) is 6.84. The van der Waals surface area contributed by atoms with E-state index in [0.717, 1.165) is 31.9 Å². The van der Waals surface area contributed by atoms with Crippen LogP contribution in [-0.4, -0.2) is 35.5 Å². The molecule has 2 N–H and O–H groups in total. The average Bonchev–Trinajstić information content (AvgIpc) is 2.67. The van der Waals surface area contributed by atoms with Crippen molar-refractivity contribution in [2.24, 2.45) is 0 Å². The van der Waals surface area contributed by atoms with Gasteiger partial charge in [0.1, 0.15) is 0 Å². The molecule has 3 rings (SSSR count). The third kappa shape index (κ3) is 3.69. The molecule has 0 saturated carbocycles. The molecular formula is C15H15NO6. The largest absolute Gasteiger partial charge is 0.478 e. The molecule has 1 saturated heterocycles. The van der Waals surface area contributed by atoms with E-state index >= 15 is 0 Å². The first kappa shape index (κ1) is 15.7. The number of fused-ring (bicyclic) bond motifs is 1. The summed E-state index contributed by atoms with van der Waals surface area (Å²) < 4.78 is 4.30.